The number of nitrogens with one attached hydrogen (secondary N) is 1. The molecule has 2 atom stereocenters. The largest absolute Gasteiger partial charge is 0.370 e. The summed E-state index contributed by atoms with van der Waals surface area (Å²) in [7, 11) is 0. The van der Waals surface area contributed by atoms with Crippen LogP contribution in [0.2, 0.25) is 0 Å². The molecule has 1 amide bonds. The van der Waals surface area contributed by atoms with Crippen molar-refractivity contribution in [1.29, 1.82) is 0 Å². The molecule has 1 N–H and O–H groups in total. The predicted octanol–water partition coefficient (Wildman–Crippen LogP) is 1.62. The van der Waals surface area contributed by atoms with E-state index in [0.29, 0.717) is 31.8 Å². The first-order valence-corrected chi connectivity index (χ1v) is 9.29. The first kappa shape index (κ1) is 16.9. The van der Waals surface area contributed by atoms with E-state index in [1.165, 1.54) is 0 Å². The molecule has 3 aromatic rings. The Morgan fingerprint density at radius 2 is 2.04 bits per heavy atom. The van der Waals surface area contributed by atoms with Crippen molar-refractivity contribution in [2.24, 2.45) is 0 Å². The average molecular weight is 377 g/mol. The molecule has 2 aromatic heterocycles. The van der Waals surface area contributed by atoms with Gasteiger partial charge in [0, 0.05) is 18.8 Å². The quantitative estimate of drug-likeness (QED) is 0.733. The summed E-state index contributed by atoms with van der Waals surface area (Å²) >= 11 is 0. The molecule has 2 aliphatic rings. The van der Waals surface area contributed by atoms with Gasteiger partial charge in [-0.2, -0.15) is 0 Å². The molecule has 8 nitrogen and oxygen atoms in total. The summed E-state index contributed by atoms with van der Waals surface area (Å²) in [5.74, 6) is -0.272. The summed E-state index contributed by atoms with van der Waals surface area (Å²) < 4.78 is 7.73. The maximum absolute atomic E-state index is 13.0. The van der Waals surface area contributed by atoms with Gasteiger partial charge in [0.15, 0.2) is 0 Å². The van der Waals surface area contributed by atoms with Gasteiger partial charge in [0.05, 0.1) is 30.6 Å². The number of aromatic nitrogens is 4. The predicted molar refractivity (Wildman–Crippen MR) is 101 cm³/mol. The molecular formula is C20H19N5O3. The fourth-order valence-corrected chi connectivity index (χ4v) is 3.96. The summed E-state index contributed by atoms with van der Waals surface area (Å²) in [4.78, 5) is 30.1. The van der Waals surface area contributed by atoms with E-state index >= 15 is 0 Å². The number of hydrogen-bond donors (Lipinski definition) is 1. The molecular weight excluding hydrogens is 358 g/mol. The third-order valence-corrected chi connectivity index (χ3v) is 5.44. The number of aromatic amines is 1. The topological polar surface area (TPSA) is 93.1 Å². The van der Waals surface area contributed by atoms with Crippen LogP contribution in [0.5, 0.6) is 0 Å². The smallest absolute Gasteiger partial charge is 0.261 e. The van der Waals surface area contributed by atoms with Gasteiger partial charge >= 0.3 is 0 Å². The highest BCUT2D eigenvalue weighted by Gasteiger charge is 2.38. The number of likely N-dealkylation sites (tertiary alicyclic amines) is 1. The molecule has 2 aliphatic heterocycles. The maximum atomic E-state index is 13.0. The highest BCUT2D eigenvalue weighted by atomic mass is 16.5. The van der Waals surface area contributed by atoms with Gasteiger partial charge < -0.3 is 14.6 Å². The van der Waals surface area contributed by atoms with Crippen LogP contribution < -0.4 is 5.56 Å². The minimum Gasteiger partial charge on any atom is -0.370 e. The Bertz CT molecular complexity index is 1070. The molecule has 0 unspecified atom stereocenters. The van der Waals surface area contributed by atoms with Crippen LogP contribution in [0.3, 0.4) is 0 Å². The van der Waals surface area contributed by atoms with Gasteiger partial charge in [0.1, 0.15) is 5.56 Å². The zero-order valence-corrected chi connectivity index (χ0v) is 15.1. The minimum atomic E-state index is -0.380. The zero-order chi connectivity index (χ0) is 19.1. The normalized spacial score (nSPS) is 21.1. The highest BCUT2D eigenvalue weighted by Crippen LogP contribution is 2.30. The van der Waals surface area contributed by atoms with E-state index in [4.69, 9.17) is 4.74 Å². The highest BCUT2D eigenvalue weighted by molar-refractivity contribution is 5.94. The Balaban J connectivity index is 1.39. The second-order valence-corrected chi connectivity index (χ2v) is 7.11. The lowest BCUT2D eigenvalue weighted by atomic mass is 9.99. The van der Waals surface area contributed by atoms with Crippen LogP contribution in [0.4, 0.5) is 0 Å². The van der Waals surface area contributed by atoms with Crippen molar-refractivity contribution in [2.45, 2.75) is 25.2 Å². The fraction of sp³-hybridized carbons (Fsp3) is 0.300. The third kappa shape index (κ3) is 2.82. The number of hydrogen-bond acceptors (Lipinski definition) is 5. The van der Waals surface area contributed by atoms with E-state index in [9.17, 15) is 9.59 Å². The fourth-order valence-electron chi connectivity index (χ4n) is 3.96. The van der Waals surface area contributed by atoms with Crippen LogP contribution in [-0.2, 0) is 11.3 Å². The number of carbonyl (C=O) groups excluding carboxylic acids is 1. The molecule has 5 rings (SSSR count). The van der Waals surface area contributed by atoms with E-state index in [1.54, 1.807) is 23.2 Å². The Morgan fingerprint density at radius 3 is 2.86 bits per heavy atom. The van der Waals surface area contributed by atoms with E-state index in [0.717, 1.165) is 11.3 Å². The molecule has 0 aliphatic carbocycles. The van der Waals surface area contributed by atoms with Crippen molar-refractivity contribution < 1.29 is 9.53 Å². The van der Waals surface area contributed by atoms with E-state index < -0.39 is 0 Å². The van der Waals surface area contributed by atoms with Crippen LogP contribution in [-0.4, -0.2) is 50.0 Å². The molecule has 8 heteroatoms. The monoisotopic (exact) mass is 377 g/mol. The van der Waals surface area contributed by atoms with Crippen LogP contribution in [0.1, 0.15) is 28.5 Å². The Labute approximate surface area is 160 Å². The lowest BCUT2D eigenvalue weighted by Crippen LogP contribution is -2.50. The summed E-state index contributed by atoms with van der Waals surface area (Å²) in [5.41, 5.74) is 2.26. The van der Waals surface area contributed by atoms with Crippen molar-refractivity contribution in [3.63, 3.8) is 0 Å². The van der Waals surface area contributed by atoms with Gasteiger partial charge in [-0.1, -0.05) is 35.5 Å². The van der Waals surface area contributed by atoms with Gasteiger partial charge in [-0.25, -0.2) is 4.68 Å². The van der Waals surface area contributed by atoms with Gasteiger partial charge in [0.25, 0.3) is 11.5 Å². The molecule has 1 fully saturated rings. The number of carbonyl (C=O) groups is 1. The maximum Gasteiger partial charge on any atom is 0.261 e. The Kier molecular flexibility index (Phi) is 4.05. The first-order chi connectivity index (χ1) is 13.7. The number of benzene rings is 1. The van der Waals surface area contributed by atoms with E-state index in [2.05, 4.69) is 15.3 Å². The van der Waals surface area contributed by atoms with E-state index in [1.807, 2.05) is 35.0 Å². The standard InChI is InChI=1S/C20H19N5O3/c26-19-15(6-7-16(22-19)13-4-2-1-3-5-13)20(27)24-9-8-18-17(11-24)25-14(12-28-18)10-21-23-25/h1-7,10,17-18H,8-9,11-12H2,(H,22,26)/t17-,18-/m1/s1. The minimum absolute atomic E-state index is 0.0111. The van der Waals surface area contributed by atoms with Crippen molar-refractivity contribution in [2.75, 3.05) is 13.1 Å². The molecule has 1 aromatic carbocycles. The van der Waals surface area contributed by atoms with Gasteiger partial charge in [-0.15, -0.1) is 5.10 Å². The SMILES string of the molecule is O=C(c1ccc(-c2ccccc2)[nH]c1=O)N1CC[C@H]2OCc3cnnn3[C@@H]2C1. The van der Waals surface area contributed by atoms with Crippen LogP contribution >= 0.6 is 0 Å². The molecule has 0 saturated carbocycles. The molecule has 142 valence electrons. The van der Waals surface area contributed by atoms with Gasteiger partial charge in [-0.05, 0) is 24.1 Å². The zero-order valence-electron chi connectivity index (χ0n) is 15.1. The molecule has 0 spiro atoms. The van der Waals surface area contributed by atoms with Crippen molar-refractivity contribution in [3.05, 3.63) is 70.3 Å². The lowest BCUT2D eigenvalue weighted by Gasteiger charge is -2.40. The number of amides is 1. The number of rotatable bonds is 2. The number of piperidine rings is 1. The number of fused-ring (bicyclic) bond motifs is 3. The number of H-pyrrole nitrogens is 1. The summed E-state index contributed by atoms with van der Waals surface area (Å²) in [5, 5.41) is 8.10. The Morgan fingerprint density at radius 1 is 1.18 bits per heavy atom. The summed E-state index contributed by atoms with van der Waals surface area (Å²) in [6.45, 7) is 1.48. The summed E-state index contributed by atoms with van der Waals surface area (Å²) in [6, 6.07) is 12.9. The van der Waals surface area contributed by atoms with Crippen molar-refractivity contribution in [1.82, 2.24) is 24.9 Å². The molecule has 4 heterocycles. The number of ether oxygens (including phenoxy) is 1. The second kappa shape index (κ2) is 6.72. The average Bonchev–Trinajstić information content (AvgIpc) is 3.23. The molecule has 0 bridgehead atoms. The van der Waals surface area contributed by atoms with Gasteiger partial charge in [-0.3, -0.25) is 9.59 Å². The molecule has 28 heavy (non-hydrogen) atoms. The lowest BCUT2D eigenvalue weighted by molar-refractivity contribution is -0.0605. The second-order valence-electron chi connectivity index (χ2n) is 7.11. The van der Waals surface area contributed by atoms with Crippen LogP contribution in [0, 0.1) is 0 Å². The third-order valence-electron chi connectivity index (χ3n) is 5.44. The summed E-state index contributed by atoms with van der Waals surface area (Å²) in [6.07, 6.45) is 2.40. The van der Waals surface area contributed by atoms with Crippen molar-refractivity contribution >= 4 is 5.91 Å². The number of nitrogens with zero attached hydrogens (tertiary/aromatic N) is 4. The molecule has 1 saturated heterocycles. The van der Waals surface area contributed by atoms with E-state index in [-0.39, 0.29) is 29.2 Å². The first-order valence-electron chi connectivity index (χ1n) is 9.29. The van der Waals surface area contributed by atoms with Crippen LogP contribution in [0.25, 0.3) is 11.3 Å². The van der Waals surface area contributed by atoms with Gasteiger partial charge in [0.2, 0.25) is 0 Å². The molecule has 0 radical (unpaired) electrons. The van der Waals surface area contributed by atoms with Crippen molar-refractivity contribution in [3.8, 4) is 11.3 Å². The number of pyridine rings is 1. The Hall–Kier alpha value is -3.26. The van der Waals surface area contributed by atoms with Crippen LogP contribution in [0.15, 0.2) is 53.5 Å².